The van der Waals surface area contributed by atoms with E-state index in [-0.39, 0.29) is 30.6 Å². The maximum absolute atomic E-state index is 11.8. The van der Waals surface area contributed by atoms with Gasteiger partial charge >= 0.3 is 0 Å². The van der Waals surface area contributed by atoms with Gasteiger partial charge in [-0.15, -0.1) is 0 Å². The Balaban J connectivity index is 3.70. The maximum atomic E-state index is 11.8. The van der Waals surface area contributed by atoms with E-state index in [1.165, 1.54) is 44.9 Å². The molecular formula is C25H44N2O5S. The van der Waals surface area contributed by atoms with Crippen LogP contribution in [0.5, 0.6) is 0 Å². The Morgan fingerprint density at radius 2 is 1.55 bits per heavy atom. The van der Waals surface area contributed by atoms with Crippen LogP contribution in [-0.2, 0) is 14.4 Å². The van der Waals surface area contributed by atoms with Crippen molar-refractivity contribution in [1.82, 2.24) is 10.6 Å². The number of carbonyl (C=O) groups is 3. The van der Waals surface area contributed by atoms with Crippen LogP contribution in [0, 0.1) is 17.3 Å². The number of thioether (sulfide) groups is 1. The van der Waals surface area contributed by atoms with Crippen LogP contribution in [0.4, 0.5) is 0 Å². The van der Waals surface area contributed by atoms with Gasteiger partial charge in [-0.1, -0.05) is 89.8 Å². The number of amides is 2. The second-order valence-electron chi connectivity index (χ2n) is 8.96. The zero-order valence-corrected chi connectivity index (χ0v) is 21.5. The summed E-state index contributed by atoms with van der Waals surface area (Å²) < 4.78 is 0. The first kappa shape index (κ1) is 31.4. The second-order valence-corrected chi connectivity index (χ2v) is 10.0. The summed E-state index contributed by atoms with van der Waals surface area (Å²) in [6.45, 7) is 5.46. The Morgan fingerprint density at radius 3 is 2.15 bits per heavy atom. The Kier molecular flexibility index (Phi) is 18.9. The molecule has 0 fully saturated rings. The summed E-state index contributed by atoms with van der Waals surface area (Å²) in [7, 11) is 0. The summed E-state index contributed by atoms with van der Waals surface area (Å²) in [5.41, 5.74) is -0.952. The van der Waals surface area contributed by atoms with E-state index in [2.05, 4.69) is 29.4 Å². The number of carbonyl (C=O) groups excluding carboxylic acids is 3. The molecular weight excluding hydrogens is 440 g/mol. The molecule has 0 rings (SSSR count). The van der Waals surface area contributed by atoms with Gasteiger partial charge in [0.05, 0.1) is 6.61 Å². The minimum atomic E-state index is -1.35. The van der Waals surface area contributed by atoms with Crippen LogP contribution in [0.2, 0.25) is 0 Å². The SMILES string of the molecule is CCCCCCCCCCCC#CC(=O)SCCNC(=O)CCNC(=O)C(O)C(C)(C)CO. The molecule has 0 aromatic heterocycles. The van der Waals surface area contributed by atoms with Gasteiger partial charge < -0.3 is 20.8 Å². The van der Waals surface area contributed by atoms with E-state index >= 15 is 0 Å². The first-order valence-electron chi connectivity index (χ1n) is 12.2. The molecule has 0 aliphatic carbocycles. The average molecular weight is 485 g/mol. The van der Waals surface area contributed by atoms with Crippen LogP contribution in [-0.4, -0.2) is 58.7 Å². The van der Waals surface area contributed by atoms with Gasteiger partial charge in [-0.2, -0.15) is 0 Å². The van der Waals surface area contributed by atoms with Crippen molar-refractivity contribution < 1.29 is 24.6 Å². The fourth-order valence-corrected chi connectivity index (χ4v) is 3.49. The van der Waals surface area contributed by atoms with Gasteiger partial charge in [0, 0.05) is 37.1 Å². The molecule has 0 saturated heterocycles. The minimum Gasteiger partial charge on any atom is -0.396 e. The number of rotatable bonds is 18. The van der Waals surface area contributed by atoms with Crippen molar-refractivity contribution in [2.24, 2.45) is 5.41 Å². The summed E-state index contributed by atoms with van der Waals surface area (Å²) in [4.78, 5) is 35.4. The number of hydrogen-bond acceptors (Lipinski definition) is 6. The third-order valence-electron chi connectivity index (χ3n) is 5.30. The lowest BCUT2D eigenvalue weighted by Crippen LogP contribution is -2.46. The van der Waals surface area contributed by atoms with Crippen LogP contribution >= 0.6 is 11.8 Å². The Morgan fingerprint density at radius 1 is 0.939 bits per heavy atom. The number of nitrogens with one attached hydrogen (secondary N) is 2. The molecule has 0 bridgehead atoms. The predicted octanol–water partition coefficient (Wildman–Crippen LogP) is 3.17. The highest BCUT2D eigenvalue weighted by Crippen LogP contribution is 2.19. The molecule has 0 heterocycles. The van der Waals surface area contributed by atoms with Crippen molar-refractivity contribution in [3.05, 3.63) is 0 Å². The second kappa shape index (κ2) is 19.9. The lowest BCUT2D eigenvalue weighted by Gasteiger charge is -2.27. The van der Waals surface area contributed by atoms with Gasteiger partial charge in [0.1, 0.15) is 6.10 Å². The summed E-state index contributed by atoms with van der Waals surface area (Å²) in [6.07, 6.45) is 10.8. The van der Waals surface area contributed by atoms with Gasteiger partial charge in [0.15, 0.2) is 0 Å². The van der Waals surface area contributed by atoms with Crippen molar-refractivity contribution in [3.63, 3.8) is 0 Å². The molecule has 4 N–H and O–H groups in total. The monoisotopic (exact) mass is 484 g/mol. The molecule has 33 heavy (non-hydrogen) atoms. The third kappa shape index (κ3) is 17.6. The van der Waals surface area contributed by atoms with Crippen molar-refractivity contribution in [2.45, 2.75) is 97.5 Å². The molecule has 7 nitrogen and oxygen atoms in total. The van der Waals surface area contributed by atoms with E-state index in [0.717, 1.165) is 31.0 Å². The molecule has 1 atom stereocenters. The highest BCUT2D eigenvalue weighted by molar-refractivity contribution is 8.14. The summed E-state index contributed by atoms with van der Waals surface area (Å²) in [5, 5.41) is 24.0. The third-order valence-corrected chi connectivity index (χ3v) is 6.07. The van der Waals surface area contributed by atoms with Crippen molar-refractivity contribution >= 4 is 28.7 Å². The van der Waals surface area contributed by atoms with E-state index in [0.29, 0.717) is 12.3 Å². The van der Waals surface area contributed by atoms with Crippen LogP contribution in [0.1, 0.15) is 91.4 Å². The Labute approximate surface area is 204 Å². The summed E-state index contributed by atoms with van der Waals surface area (Å²) in [6, 6.07) is 0. The average Bonchev–Trinajstić information content (AvgIpc) is 2.79. The number of aliphatic hydroxyl groups is 2. The largest absolute Gasteiger partial charge is 0.396 e. The fraction of sp³-hybridized carbons (Fsp3) is 0.800. The first-order valence-corrected chi connectivity index (χ1v) is 13.2. The van der Waals surface area contributed by atoms with E-state index in [9.17, 15) is 24.6 Å². The minimum absolute atomic E-state index is 0.0647. The summed E-state index contributed by atoms with van der Waals surface area (Å²) in [5.74, 6) is 5.14. The van der Waals surface area contributed by atoms with Crippen molar-refractivity contribution in [1.29, 1.82) is 0 Å². The molecule has 8 heteroatoms. The van der Waals surface area contributed by atoms with E-state index in [4.69, 9.17) is 0 Å². The zero-order chi connectivity index (χ0) is 25.0. The Bertz CT molecular complexity index is 628. The Hall–Kier alpha value is -1.56. The van der Waals surface area contributed by atoms with Gasteiger partial charge in [-0.05, 0) is 12.3 Å². The maximum Gasteiger partial charge on any atom is 0.262 e. The molecule has 0 aliphatic heterocycles. The lowest BCUT2D eigenvalue weighted by atomic mass is 9.87. The van der Waals surface area contributed by atoms with E-state index in [1.54, 1.807) is 13.8 Å². The van der Waals surface area contributed by atoms with Crippen molar-refractivity contribution in [3.8, 4) is 11.8 Å². The predicted molar refractivity (Wildman–Crippen MR) is 135 cm³/mol. The van der Waals surface area contributed by atoms with Gasteiger partial charge in [-0.25, -0.2) is 0 Å². The molecule has 1 unspecified atom stereocenters. The standard InChI is InChI=1S/C25H44N2O5S/c1-4-5-6-7-8-9-10-11-12-13-14-15-22(30)33-19-18-26-21(29)16-17-27-24(32)23(31)25(2,3)20-28/h23,28,31H,4-13,16-20H2,1-3H3,(H,26,29)(H,27,32). The molecule has 190 valence electrons. The van der Waals surface area contributed by atoms with Gasteiger partial charge in [-0.3, -0.25) is 14.4 Å². The number of hydrogen-bond donors (Lipinski definition) is 4. The molecule has 0 aliphatic rings. The molecule has 0 spiro atoms. The van der Waals surface area contributed by atoms with Crippen LogP contribution in [0.15, 0.2) is 0 Å². The van der Waals surface area contributed by atoms with E-state index in [1.807, 2.05) is 0 Å². The van der Waals surface area contributed by atoms with Crippen LogP contribution in [0.25, 0.3) is 0 Å². The van der Waals surface area contributed by atoms with Gasteiger partial charge in [0.25, 0.3) is 5.12 Å². The van der Waals surface area contributed by atoms with Crippen LogP contribution < -0.4 is 10.6 Å². The highest BCUT2D eigenvalue weighted by Gasteiger charge is 2.32. The first-order chi connectivity index (χ1) is 15.7. The fourth-order valence-electron chi connectivity index (χ4n) is 2.95. The lowest BCUT2D eigenvalue weighted by molar-refractivity contribution is -0.137. The normalized spacial score (nSPS) is 11.9. The quantitative estimate of drug-likeness (QED) is 0.175. The molecule has 0 radical (unpaired) electrons. The number of unbranched alkanes of at least 4 members (excludes halogenated alkanes) is 9. The van der Waals surface area contributed by atoms with Crippen LogP contribution in [0.3, 0.4) is 0 Å². The summed E-state index contributed by atoms with van der Waals surface area (Å²) >= 11 is 1.08. The van der Waals surface area contributed by atoms with E-state index < -0.39 is 17.4 Å². The molecule has 0 aromatic carbocycles. The zero-order valence-electron chi connectivity index (χ0n) is 20.7. The highest BCUT2D eigenvalue weighted by atomic mass is 32.2. The number of aliphatic hydroxyl groups excluding tert-OH is 2. The van der Waals surface area contributed by atoms with Gasteiger partial charge in [0.2, 0.25) is 11.8 Å². The topological polar surface area (TPSA) is 116 Å². The smallest absolute Gasteiger partial charge is 0.262 e. The molecule has 0 saturated carbocycles. The molecule has 0 aromatic rings. The molecule has 2 amide bonds. The van der Waals surface area contributed by atoms with Crippen molar-refractivity contribution in [2.75, 3.05) is 25.4 Å².